The number of nitro groups is 1. The summed E-state index contributed by atoms with van der Waals surface area (Å²) in [6.45, 7) is 0.172. The third-order valence-electron chi connectivity index (χ3n) is 3.85. The number of nitro benzene ring substituents is 1. The van der Waals surface area contributed by atoms with Crippen LogP contribution in [0.25, 0.3) is 0 Å². The molecule has 0 aliphatic carbocycles. The van der Waals surface area contributed by atoms with Crippen molar-refractivity contribution in [2.75, 3.05) is 0 Å². The highest BCUT2D eigenvalue weighted by Crippen LogP contribution is 2.32. The van der Waals surface area contributed by atoms with E-state index in [0.717, 1.165) is 11.1 Å². The van der Waals surface area contributed by atoms with Crippen molar-refractivity contribution in [3.8, 4) is 5.75 Å². The first-order valence-electron chi connectivity index (χ1n) is 8.30. The van der Waals surface area contributed by atoms with Crippen LogP contribution in [0.15, 0.2) is 78.9 Å². The molecule has 27 heavy (non-hydrogen) atoms. The molecular formula is C21H17NO5. The standard InChI is InChI=1S/C21H17NO5/c23-21(27-15-17-10-5-2-6-11-17)18-12-7-13-19(22(24)25)20(18)26-14-16-8-3-1-4-9-16/h1-13H,14-15H2/i7+1,12+1,13+1,18+1,19+1,20+1. The molecule has 3 aromatic rings. The van der Waals surface area contributed by atoms with Gasteiger partial charge in [-0.3, -0.25) is 10.1 Å². The Kier molecular flexibility index (Phi) is 5.79. The minimum atomic E-state index is -0.675. The SMILES string of the molecule is O=C(OCc1ccccc1)[13c]1[13cH][13cH][13cH][13c]([N+](=O)[O-])[13c]1OCc1ccccc1. The molecule has 0 radical (unpaired) electrons. The average molecular weight is 369 g/mol. The largest absolute Gasteiger partial charge is 0.481 e. The summed E-state index contributed by atoms with van der Waals surface area (Å²) in [7, 11) is 0. The quantitative estimate of drug-likeness (QED) is 0.347. The molecule has 0 saturated heterocycles. The van der Waals surface area contributed by atoms with Gasteiger partial charge in [0.25, 0.3) is 0 Å². The van der Waals surface area contributed by atoms with Crippen molar-refractivity contribution < 1.29 is 19.2 Å². The zero-order valence-corrected chi connectivity index (χ0v) is 14.4. The van der Waals surface area contributed by atoms with Gasteiger partial charge in [-0.25, -0.2) is 4.79 Å². The first kappa shape index (κ1) is 18.1. The van der Waals surface area contributed by atoms with Crippen LogP contribution < -0.4 is 4.74 Å². The first-order chi connectivity index (χ1) is 13.1. The lowest BCUT2D eigenvalue weighted by Gasteiger charge is -2.12. The van der Waals surface area contributed by atoms with E-state index in [-0.39, 0.29) is 30.2 Å². The lowest BCUT2D eigenvalue weighted by Crippen LogP contribution is -2.10. The van der Waals surface area contributed by atoms with E-state index in [4.69, 9.17) is 9.47 Å². The van der Waals surface area contributed by atoms with E-state index in [1.54, 1.807) is 0 Å². The van der Waals surface area contributed by atoms with Crippen molar-refractivity contribution in [3.05, 3.63) is 106 Å². The van der Waals surface area contributed by atoms with Gasteiger partial charge in [0.2, 0.25) is 5.75 Å². The van der Waals surface area contributed by atoms with E-state index < -0.39 is 10.9 Å². The molecule has 0 spiro atoms. The number of carbonyl (C=O) groups is 1. The number of ether oxygens (including phenoxy) is 2. The second-order valence-corrected chi connectivity index (χ2v) is 5.75. The van der Waals surface area contributed by atoms with E-state index >= 15 is 0 Å². The molecule has 0 saturated carbocycles. The van der Waals surface area contributed by atoms with Crippen molar-refractivity contribution in [1.82, 2.24) is 0 Å². The summed E-state index contributed by atoms with van der Waals surface area (Å²) in [5.41, 5.74) is 1.40. The number of rotatable bonds is 7. The van der Waals surface area contributed by atoms with E-state index in [1.807, 2.05) is 60.7 Å². The van der Waals surface area contributed by atoms with Crippen LogP contribution >= 0.6 is 0 Å². The van der Waals surface area contributed by atoms with Gasteiger partial charge in [-0.2, -0.15) is 0 Å². The number of esters is 1. The summed E-state index contributed by atoms with van der Waals surface area (Å²) in [5.74, 6) is -0.768. The molecule has 6 heteroatoms. The van der Waals surface area contributed by atoms with Gasteiger partial charge < -0.3 is 9.47 Å². The van der Waals surface area contributed by atoms with Crippen molar-refractivity contribution in [2.24, 2.45) is 0 Å². The summed E-state index contributed by atoms with van der Waals surface area (Å²) >= 11 is 0. The van der Waals surface area contributed by atoms with Gasteiger partial charge in [-0.05, 0) is 17.2 Å². The third kappa shape index (κ3) is 4.70. The van der Waals surface area contributed by atoms with Gasteiger partial charge >= 0.3 is 11.7 Å². The fourth-order valence-electron chi connectivity index (χ4n) is 2.51. The number of hydrogen-bond donors (Lipinski definition) is 0. The van der Waals surface area contributed by atoms with E-state index in [1.165, 1.54) is 18.2 Å². The second kappa shape index (κ2) is 8.62. The predicted molar refractivity (Wildman–Crippen MR) is 99.4 cm³/mol. The summed E-state index contributed by atoms with van der Waals surface area (Å²) < 4.78 is 10.9. The number of hydrogen-bond acceptors (Lipinski definition) is 5. The van der Waals surface area contributed by atoms with Crippen LogP contribution in [0.5, 0.6) is 5.75 Å². The Bertz CT molecular complexity index is 926. The van der Waals surface area contributed by atoms with Crippen LogP contribution in [0, 0.1) is 10.1 Å². The van der Waals surface area contributed by atoms with Gasteiger partial charge in [0.1, 0.15) is 18.8 Å². The highest BCUT2D eigenvalue weighted by Gasteiger charge is 2.24. The summed E-state index contributed by atoms with van der Waals surface area (Å²) in [6.07, 6.45) is 0. The van der Waals surface area contributed by atoms with E-state index in [9.17, 15) is 14.9 Å². The molecule has 0 amide bonds. The molecule has 0 atom stereocenters. The normalized spacial score (nSPS) is 10.2. The van der Waals surface area contributed by atoms with Crippen LogP contribution in [-0.4, -0.2) is 10.9 Å². The second-order valence-electron chi connectivity index (χ2n) is 5.75. The maximum Gasteiger partial charge on any atom is 0.342 e. The van der Waals surface area contributed by atoms with Gasteiger partial charge in [0, 0.05) is 6.07 Å². The molecule has 0 fully saturated rings. The van der Waals surface area contributed by atoms with Gasteiger partial charge in [-0.15, -0.1) is 0 Å². The van der Waals surface area contributed by atoms with E-state index in [0.29, 0.717) is 0 Å². The molecule has 0 aromatic heterocycles. The summed E-state index contributed by atoms with van der Waals surface area (Å²) in [5, 5.41) is 11.4. The zero-order chi connectivity index (χ0) is 19.1. The van der Waals surface area contributed by atoms with Crippen LogP contribution in [0.4, 0.5) is 5.69 Å². The topological polar surface area (TPSA) is 78.7 Å². The minimum Gasteiger partial charge on any atom is -0.481 e. The smallest absolute Gasteiger partial charge is 0.342 e. The number of carbonyl (C=O) groups excluding carboxylic acids is 1. The molecule has 0 unspecified atom stereocenters. The molecule has 3 rings (SSSR count). The van der Waals surface area contributed by atoms with Gasteiger partial charge in [0.15, 0.2) is 0 Å². The molecule has 3 aromatic carbocycles. The first-order valence-corrected chi connectivity index (χ1v) is 8.30. The highest BCUT2D eigenvalue weighted by molar-refractivity contribution is 5.94. The van der Waals surface area contributed by atoms with Gasteiger partial charge in [0.05, 0.1) is 4.92 Å². The molecule has 136 valence electrons. The Morgan fingerprint density at radius 2 is 1.41 bits per heavy atom. The molecule has 6 nitrogen and oxygen atoms in total. The number of para-hydroxylation sites is 1. The van der Waals surface area contributed by atoms with Crippen molar-refractivity contribution >= 4 is 11.7 Å². The van der Waals surface area contributed by atoms with E-state index in [2.05, 4.69) is 0 Å². The third-order valence-corrected chi connectivity index (χ3v) is 3.85. The Balaban J connectivity index is 1.81. The zero-order valence-electron chi connectivity index (χ0n) is 14.4. The Morgan fingerprint density at radius 1 is 0.815 bits per heavy atom. The predicted octanol–water partition coefficient (Wildman–Crippen LogP) is 4.53. The maximum absolute atomic E-state index is 12.5. The van der Waals surface area contributed by atoms with Gasteiger partial charge in [-0.1, -0.05) is 66.7 Å². The molecular weight excluding hydrogens is 352 g/mol. The number of nitrogens with zero attached hydrogens (tertiary/aromatic N) is 1. The molecule has 0 aliphatic heterocycles. The monoisotopic (exact) mass is 369 g/mol. The maximum atomic E-state index is 12.5. The Hall–Kier alpha value is -3.67. The average Bonchev–Trinajstić information content (AvgIpc) is 2.71. The van der Waals surface area contributed by atoms with Crippen LogP contribution in [0.3, 0.4) is 0 Å². The molecule has 0 N–H and O–H groups in total. The highest BCUT2D eigenvalue weighted by atomic mass is 16.7. The number of benzene rings is 3. The Labute approximate surface area is 156 Å². The fraction of sp³-hybridized carbons (Fsp3) is 0.0952. The minimum absolute atomic E-state index is 0.0241. The van der Waals surface area contributed by atoms with Crippen LogP contribution in [0.2, 0.25) is 0 Å². The Morgan fingerprint density at radius 3 is 2.00 bits per heavy atom. The van der Waals surface area contributed by atoms with Crippen molar-refractivity contribution in [3.63, 3.8) is 0 Å². The lowest BCUT2D eigenvalue weighted by atomic mass is 10.2. The summed E-state index contributed by atoms with van der Waals surface area (Å²) in [4.78, 5) is 23.3. The van der Waals surface area contributed by atoms with Crippen LogP contribution in [0.1, 0.15) is 21.5 Å². The molecule has 0 heterocycles. The molecule has 0 bridgehead atoms. The van der Waals surface area contributed by atoms with Crippen molar-refractivity contribution in [1.29, 1.82) is 0 Å². The van der Waals surface area contributed by atoms with Crippen molar-refractivity contribution in [2.45, 2.75) is 13.2 Å². The van der Waals surface area contributed by atoms with Crippen LogP contribution in [-0.2, 0) is 18.0 Å². The fourth-order valence-corrected chi connectivity index (χ4v) is 2.51. The lowest BCUT2D eigenvalue weighted by molar-refractivity contribution is -0.386. The molecule has 0 aliphatic rings. The summed E-state index contributed by atoms with van der Waals surface area (Å²) in [6, 6.07) is 22.6.